The summed E-state index contributed by atoms with van der Waals surface area (Å²) in [6.07, 6.45) is -1.34. The van der Waals surface area contributed by atoms with Crippen LogP contribution in [0, 0.1) is 0 Å². The molecule has 0 rings (SSSR count). The molecular weight excluding hydrogens is 156 g/mol. The molecule has 0 aliphatic carbocycles. The van der Waals surface area contributed by atoms with E-state index in [0.717, 1.165) is 6.92 Å². The zero-order valence-electron chi connectivity index (χ0n) is 5.55. The van der Waals surface area contributed by atoms with Crippen LogP contribution in [-0.2, 0) is 4.79 Å². The summed E-state index contributed by atoms with van der Waals surface area (Å²) >= 11 is 0. The van der Waals surface area contributed by atoms with Gasteiger partial charge in [0, 0.05) is 0 Å². The Balaban J connectivity index is -0.0000000208. The number of carbonyl (C=O) groups excluding carboxylic acids is 1. The van der Waals surface area contributed by atoms with Crippen molar-refractivity contribution < 1.29 is 31.4 Å². The number of carboxylic acid groups (broad SMARTS) is 1. The Bertz CT molecular complexity index is 64.0. The first-order valence-electron chi connectivity index (χ1n) is 1.53. The summed E-state index contributed by atoms with van der Waals surface area (Å²) in [7, 11) is 0. The van der Waals surface area contributed by atoms with E-state index in [4.69, 9.17) is 5.11 Å². The average Bonchev–Trinajstić information content (AvgIpc) is 1.36. The van der Waals surface area contributed by atoms with Crippen molar-refractivity contribution in [1.29, 1.82) is 0 Å². The van der Waals surface area contributed by atoms with Crippen molar-refractivity contribution >= 4 is 29.0 Å². The van der Waals surface area contributed by atoms with Crippen molar-refractivity contribution in [2.24, 2.45) is 0 Å². The van der Waals surface area contributed by atoms with Crippen LogP contribution in [0.3, 0.4) is 0 Å². The normalized spacial score (nSPS) is 8.20. The third-order valence-electron chi connectivity index (χ3n) is 0.341. The molecule has 0 aromatic heterocycles. The molecule has 0 aromatic carbocycles. The second-order valence-electron chi connectivity index (χ2n) is 0.995. The van der Waals surface area contributed by atoms with Gasteiger partial charge >= 0.3 is 23.1 Å². The Morgan fingerprint density at radius 2 is 1.50 bits per heavy atom. The Morgan fingerprint density at radius 3 is 1.50 bits per heavy atom. The van der Waals surface area contributed by atoms with Crippen LogP contribution in [0.4, 0.5) is 0 Å². The van der Waals surface area contributed by atoms with Gasteiger partial charge < -0.3 is 31.4 Å². The molecule has 1 unspecified atom stereocenters. The van der Waals surface area contributed by atoms with Crippen LogP contribution in [-0.4, -0.2) is 56.7 Å². The quantitative estimate of drug-likeness (QED) is 0.390. The van der Waals surface area contributed by atoms with E-state index in [2.05, 4.69) is 0 Å². The molecule has 0 fully saturated rings. The smallest absolute Gasteiger partial charge is 0.547 e. The van der Waals surface area contributed by atoms with Gasteiger partial charge in [0.2, 0.25) is 0 Å². The van der Waals surface area contributed by atoms with Crippen LogP contribution >= 0.6 is 0 Å². The van der Waals surface area contributed by atoms with Crippen molar-refractivity contribution in [3.63, 3.8) is 0 Å². The Kier molecular flexibility index (Phi) is 51.7. The molecule has 0 aliphatic rings. The van der Waals surface area contributed by atoms with Gasteiger partial charge in [0.1, 0.15) is 0 Å². The van der Waals surface area contributed by atoms with Crippen molar-refractivity contribution in [1.82, 2.24) is 0 Å². The molecule has 10 heavy (non-hydrogen) atoms. The third-order valence-corrected chi connectivity index (χ3v) is 0.341. The number of aliphatic hydroxyl groups excluding tert-OH is 1. The number of hydrogen-bond acceptors (Lipinski definition) is 3. The maximum absolute atomic E-state index is 9.34. The minimum Gasteiger partial charge on any atom is -0.547 e. The minimum atomic E-state index is -1.44. The summed E-state index contributed by atoms with van der Waals surface area (Å²) in [4.78, 5) is 9.34. The molecule has 0 heterocycles. The van der Waals surface area contributed by atoms with Crippen LogP contribution in [0.2, 0.25) is 0 Å². The Hall–Kier alpha value is 0.0762. The van der Waals surface area contributed by atoms with Gasteiger partial charge in [0.05, 0.1) is 12.1 Å². The largest absolute Gasteiger partial charge is 2.00 e. The van der Waals surface area contributed by atoms with Gasteiger partial charge in [-0.05, 0) is 6.92 Å². The predicted molar refractivity (Wildman–Crippen MR) is 33.3 cm³/mol. The standard InChI is InChI=1S/C3H6O3.Mg.3H2O/c1-2(4)3(5)6;;;;/h2,4H,1H3,(H,5,6);;3*1H2/q;+2;;;/p-1. The number of hydrogen-bond donors (Lipinski definition) is 1. The molecule has 1 atom stereocenters. The van der Waals surface area contributed by atoms with E-state index in [1.54, 1.807) is 0 Å². The van der Waals surface area contributed by atoms with E-state index >= 15 is 0 Å². The fourth-order valence-corrected chi connectivity index (χ4v) is 0. The van der Waals surface area contributed by atoms with Gasteiger partial charge in [-0.1, -0.05) is 0 Å². The summed E-state index contributed by atoms with van der Waals surface area (Å²) in [6.45, 7) is 1.13. The Labute approximate surface area is 73.9 Å². The maximum atomic E-state index is 9.34. The van der Waals surface area contributed by atoms with Crippen LogP contribution in [0.15, 0.2) is 0 Å². The van der Waals surface area contributed by atoms with E-state index in [1.165, 1.54) is 0 Å². The van der Waals surface area contributed by atoms with Crippen LogP contribution in [0.5, 0.6) is 0 Å². The van der Waals surface area contributed by atoms with Gasteiger partial charge in [-0.3, -0.25) is 0 Å². The number of rotatable bonds is 1. The van der Waals surface area contributed by atoms with E-state index in [1.807, 2.05) is 0 Å². The molecule has 0 amide bonds. The molecule has 60 valence electrons. The fraction of sp³-hybridized carbons (Fsp3) is 0.667. The molecule has 0 saturated heterocycles. The molecule has 0 saturated carbocycles. The molecule has 0 spiro atoms. The van der Waals surface area contributed by atoms with Crippen LogP contribution < -0.4 is 5.11 Å². The van der Waals surface area contributed by atoms with Crippen molar-refractivity contribution in [2.75, 3.05) is 0 Å². The summed E-state index contributed by atoms with van der Waals surface area (Å²) in [6, 6.07) is 0. The molecule has 0 aliphatic heterocycles. The van der Waals surface area contributed by atoms with Crippen molar-refractivity contribution in [3.8, 4) is 0 Å². The summed E-state index contributed by atoms with van der Waals surface area (Å²) in [5, 5.41) is 17.3. The van der Waals surface area contributed by atoms with E-state index in [9.17, 15) is 9.90 Å². The number of carboxylic acids is 1. The first kappa shape index (κ1) is 32.2. The predicted octanol–water partition coefficient (Wildman–Crippen LogP) is -4.74. The maximum Gasteiger partial charge on any atom is 2.00 e. The zero-order chi connectivity index (χ0) is 5.15. The first-order valence-corrected chi connectivity index (χ1v) is 1.53. The van der Waals surface area contributed by atoms with Gasteiger partial charge in [-0.2, -0.15) is 0 Å². The molecule has 0 aromatic rings. The fourth-order valence-electron chi connectivity index (χ4n) is 0. The number of carbonyl (C=O) groups is 1. The van der Waals surface area contributed by atoms with Gasteiger partial charge in [-0.25, -0.2) is 0 Å². The molecule has 7 N–H and O–H groups in total. The average molecular weight is 167 g/mol. The zero-order valence-corrected chi connectivity index (χ0v) is 6.96. The minimum absolute atomic E-state index is 0. The summed E-state index contributed by atoms with van der Waals surface area (Å²) in [5.74, 6) is -1.44. The van der Waals surface area contributed by atoms with Gasteiger partial charge in [-0.15, -0.1) is 0 Å². The Morgan fingerprint density at radius 1 is 1.40 bits per heavy atom. The number of aliphatic hydroxyl groups is 1. The van der Waals surface area contributed by atoms with E-state index in [-0.39, 0.29) is 39.5 Å². The topological polar surface area (TPSA) is 155 Å². The van der Waals surface area contributed by atoms with Gasteiger partial charge in [0.15, 0.2) is 0 Å². The van der Waals surface area contributed by atoms with E-state index in [0.29, 0.717) is 0 Å². The van der Waals surface area contributed by atoms with E-state index < -0.39 is 12.1 Å². The molecular formula is C3H11MgO6+. The van der Waals surface area contributed by atoms with Crippen molar-refractivity contribution in [3.05, 3.63) is 0 Å². The summed E-state index contributed by atoms with van der Waals surface area (Å²) in [5.41, 5.74) is 0. The number of aliphatic carboxylic acids is 1. The second kappa shape index (κ2) is 16.0. The molecule has 0 bridgehead atoms. The van der Waals surface area contributed by atoms with Crippen LogP contribution in [0.1, 0.15) is 6.92 Å². The summed E-state index contributed by atoms with van der Waals surface area (Å²) < 4.78 is 0. The molecule has 6 nitrogen and oxygen atoms in total. The first-order chi connectivity index (χ1) is 2.64. The molecule has 7 heteroatoms. The van der Waals surface area contributed by atoms with Crippen LogP contribution in [0.25, 0.3) is 0 Å². The SMILES string of the molecule is CC(O)C(=O)[O-].O.O.O.[Mg+2]. The monoisotopic (exact) mass is 167 g/mol. The second-order valence-corrected chi connectivity index (χ2v) is 0.995. The molecule has 0 radical (unpaired) electrons. The third kappa shape index (κ3) is 24.3. The van der Waals surface area contributed by atoms with Crippen molar-refractivity contribution in [2.45, 2.75) is 13.0 Å². The van der Waals surface area contributed by atoms with Gasteiger partial charge in [0.25, 0.3) is 0 Å².